The van der Waals surface area contributed by atoms with Gasteiger partial charge in [-0.3, -0.25) is 29.4 Å². The van der Waals surface area contributed by atoms with Gasteiger partial charge in [-0.05, 0) is 49.8 Å². The van der Waals surface area contributed by atoms with E-state index in [0.717, 1.165) is 18.4 Å². The van der Waals surface area contributed by atoms with Gasteiger partial charge in [0.15, 0.2) is 12.2 Å². The second-order valence-corrected chi connectivity index (χ2v) is 10.8. The van der Waals surface area contributed by atoms with Gasteiger partial charge in [0.05, 0.1) is 6.04 Å². The molecule has 2 aromatic rings. The summed E-state index contributed by atoms with van der Waals surface area (Å²) in [6, 6.07) is 17.9. The number of benzene rings is 2. The van der Waals surface area contributed by atoms with Crippen molar-refractivity contribution in [2.45, 2.75) is 64.3 Å². The second kappa shape index (κ2) is 16.4. The van der Waals surface area contributed by atoms with Crippen LogP contribution in [0.4, 0.5) is 0 Å². The van der Waals surface area contributed by atoms with Gasteiger partial charge in [-0.1, -0.05) is 74.5 Å². The van der Waals surface area contributed by atoms with Crippen molar-refractivity contribution in [1.82, 2.24) is 26.4 Å². The average Bonchev–Trinajstić information content (AvgIpc) is 3.78. The molecule has 1 heterocycles. The Balaban J connectivity index is 1.47. The number of amides is 4. The van der Waals surface area contributed by atoms with E-state index < -0.39 is 60.4 Å². The van der Waals surface area contributed by atoms with Gasteiger partial charge in [-0.25, -0.2) is 5.01 Å². The lowest BCUT2D eigenvalue weighted by atomic mass is 10.0. The van der Waals surface area contributed by atoms with Crippen molar-refractivity contribution in [3.05, 3.63) is 71.8 Å². The number of aryl methyl sites for hydroxylation is 1. The van der Waals surface area contributed by atoms with E-state index in [9.17, 15) is 29.1 Å². The summed E-state index contributed by atoms with van der Waals surface area (Å²) in [5.41, 5.74) is 4.49. The molecule has 2 aromatic carbocycles. The molecule has 1 aliphatic rings. The summed E-state index contributed by atoms with van der Waals surface area (Å²) >= 11 is 0. The maximum Gasteiger partial charge on any atom is 0.325 e. The van der Waals surface area contributed by atoms with Crippen LogP contribution in [0.15, 0.2) is 60.7 Å². The van der Waals surface area contributed by atoms with E-state index in [2.05, 4.69) is 21.4 Å². The molecule has 0 saturated carbocycles. The molecule has 1 fully saturated rings. The SMILES string of the molecule is CC(C)[C@H](NCCCc1ccccc1)C(=O)N[C@@H](C)C(=O)NN(CC(=O)O)C(=O)[C@H]1O[C@@H]1C(=O)NCCc1ccccc1. The summed E-state index contributed by atoms with van der Waals surface area (Å²) in [4.78, 5) is 62.6. The number of epoxide rings is 1. The largest absolute Gasteiger partial charge is 0.480 e. The number of carboxylic acids is 1. The predicted octanol–water partition coefficient (Wildman–Crippen LogP) is 0.809. The first-order valence-electron chi connectivity index (χ1n) is 14.4. The second-order valence-electron chi connectivity index (χ2n) is 10.8. The summed E-state index contributed by atoms with van der Waals surface area (Å²) in [7, 11) is 0. The van der Waals surface area contributed by atoms with Gasteiger partial charge in [0, 0.05) is 6.54 Å². The fourth-order valence-corrected chi connectivity index (χ4v) is 4.46. The maximum absolute atomic E-state index is 13.0. The highest BCUT2D eigenvalue weighted by Crippen LogP contribution is 2.24. The van der Waals surface area contributed by atoms with Crippen molar-refractivity contribution < 1.29 is 33.8 Å². The van der Waals surface area contributed by atoms with Gasteiger partial charge >= 0.3 is 5.97 Å². The fourth-order valence-electron chi connectivity index (χ4n) is 4.46. The monoisotopic (exact) mass is 595 g/mol. The molecule has 5 N–H and O–H groups in total. The van der Waals surface area contributed by atoms with Gasteiger partial charge in [0.25, 0.3) is 17.7 Å². The highest BCUT2D eigenvalue weighted by atomic mass is 16.6. The predicted molar refractivity (Wildman–Crippen MR) is 158 cm³/mol. The third kappa shape index (κ3) is 10.8. The van der Waals surface area contributed by atoms with Crippen molar-refractivity contribution >= 4 is 29.6 Å². The number of carbonyl (C=O) groups is 5. The summed E-state index contributed by atoms with van der Waals surface area (Å²) in [6.45, 7) is 5.27. The first kappa shape index (κ1) is 33.2. The highest BCUT2D eigenvalue weighted by molar-refractivity contribution is 5.97. The molecule has 12 heteroatoms. The molecule has 4 amide bonds. The first-order valence-corrected chi connectivity index (χ1v) is 14.4. The number of hydrogen-bond acceptors (Lipinski definition) is 7. The standard InChI is InChI=1S/C31H41N5O7/c1-20(2)25(32-17-10-15-22-11-6-4-7-12-22)29(40)34-21(3)28(39)35-36(19-24(37)38)31(42)27-26(43-27)30(41)33-18-16-23-13-8-5-9-14-23/h4-9,11-14,20-21,25-27,32H,10,15-19H2,1-3H3,(H,33,41)(H,34,40)(H,35,39)(H,37,38)/t21-,25-,26-,27-/m0/s1. The van der Waals surface area contributed by atoms with E-state index in [-0.39, 0.29) is 5.92 Å². The number of rotatable bonds is 16. The third-order valence-electron chi connectivity index (χ3n) is 6.90. The van der Waals surface area contributed by atoms with Crippen LogP contribution >= 0.6 is 0 Å². The molecule has 3 rings (SSSR count). The molecular formula is C31H41N5O7. The van der Waals surface area contributed by atoms with Crippen LogP contribution in [0.2, 0.25) is 0 Å². The van der Waals surface area contributed by atoms with Gasteiger partial charge in [-0.2, -0.15) is 0 Å². The summed E-state index contributed by atoms with van der Waals surface area (Å²) in [5, 5.41) is 18.5. The third-order valence-corrected chi connectivity index (χ3v) is 6.90. The van der Waals surface area contributed by atoms with Crippen molar-refractivity contribution in [2.75, 3.05) is 19.6 Å². The molecule has 0 spiro atoms. The Hall–Kier alpha value is -4.29. The summed E-state index contributed by atoms with van der Waals surface area (Å²) in [5.74, 6) is -4.02. The highest BCUT2D eigenvalue weighted by Gasteiger charge is 2.52. The van der Waals surface area contributed by atoms with E-state index >= 15 is 0 Å². The van der Waals surface area contributed by atoms with E-state index in [1.165, 1.54) is 12.5 Å². The number of carboxylic acid groups (broad SMARTS) is 1. The minimum absolute atomic E-state index is 0.0696. The smallest absolute Gasteiger partial charge is 0.325 e. The summed E-state index contributed by atoms with van der Waals surface area (Å²) < 4.78 is 5.22. The van der Waals surface area contributed by atoms with Crippen LogP contribution in [0.3, 0.4) is 0 Å². The van der Waals surface area contributed by atoms with Crippen LogP contribution in [-0.2, 0) is 41.6 Å². The first-order chi connectivity index (χ1) is 20.6. The molecule has 12 nitrogen and oxygen atoms in total. The minimum atomic E-state index is -1.38. The van der Waals surface area contributed by atoms with Crippen LogP contribution in [0.1, 0.15) is 38.3 Å². The van der Waals surface area contributed by atoms with Crippen molar-refractivity contribution in [1.29, 1.82) is 0 Å². The number of ether oxygens (including phenoxy) is 1. The van der Waals surface area contributed by atoms with Crippen LogP contribution in [0.5, 0.6) is 0 Å². The number of hydrazine groups is 1. The van der Waals surface area contributed by atoms with E-state index in [1.54, 1.807) is 0 Å². The molecule has 4 atom stereocenters. The topological polar surface area (TPSA) is 169 Å². The molecular weight excluding hydrogens is 554 g/mol. The Kier molecular flexibility index (Phi) is 12.6. The zero-order chi connectivity index (χ0) is 31.4. The Labute approximate surface area is 251 Å². The molecule has 0 unspecified atom stereocenters. The van der Waals surface area contributed by atoms with Gasteiger partial charge in [0.1, 0.15) is 12.6 Å². The van der Waals surface area contributed by atoms with Crippen LogP contribution in [-0.4, -0.2) is 83.6 Å². The molecule has 0 aromatic heterocycles. The Bertz CT molecular complexity index is 1240. The number of aliphatic carboxylic acids is 1. The molecule has 1 saturated heterocycles. The molecule has 0 aliphatic carbocycles. The number of nitrogens with one attached hydrogen (secondary N) is 4. The molecule has 1 aliphatic heterocycles. The summed E-state index contributed by atoms with van der Waals surface area (Å²) in [6.07, 6.45) is -0.0604. The number of hydrogen-bond donors (Lipinski definition) is 5. The maximum atomic E-state index is 13.0. The van der Waals surface area contributed by atoms with Crippen molar-refractivity contribution in [3.8, 4) is 0 Å². The van der Waals surface area contributed by atoms with E-state index in [0.29, 0.717) is 24.5 Å². The number of carbonyl (C=O) groups excluding carboxylic acids is 4. The molecule has 0 radical (unpaired) electrons. The van der Waals surface area contributed by atoms with Gasteiger partial charge in [0.2, 0.25) is 5.91 Å². The van der Waals surface area contributed by atoms with Crippen molar-refractivity contribution in [2.24, 2.45) is 5.92 Å². The molecule has 232 valence electrons. The van der Waals surface area contributed by atoms with Crippen LogP contribution in [0, 0.1) is 5.92 Å². The molecule has 0 bridgehead atoms. The lowest BCUT2D eigenvalue weighted by Crippen LogP contribution is -2.58. The zero-order valence-corrected chi connectivity index (χ0v) is 24.7. The lowest BCUT2D eigenvalue weighted by molar-refractivity contribution is -0.151. The van der Waals surface area contributed by atoms with Crippen LogP contribution < -0.4 is 21.4 Å². The average molecular weight is 596 g/mol. The van der Waals surface area contributed by atoms with E-state index in [1.807, 2.05) is 74.5 Å². The van der Waals surface area contributed by atoms with Crippen molar-refractivity contribution in [3.63, 3.8) is 0 Å². The van der Waals surface area contributed by atoms with Crippen LogP contribution in [0.25, 0.3) is 0 Å². The Morgan fingerprint density at radius 3 is 2.02 bits per heavy atom. The zero-order valence-electron chi connectivity index (χ0n) is 24.7. The van der Waals surface area contributed by atoms with Gasteiger partial charge < -0.3 is 25.8 Å². The van der Waals surface area contributed by atoms with Gasteiger partial charge in [-0.15, -0.1) is 0 Å². The van der Waals surface area contributed by atoms with E-state index in [4.69, 9.17) is 4.74 Å². The molecule has 43 heavy (non-hydrogen) atoms. The minimum Gasteiger partial charge on any atom is -0.480 e. The normalized spacial score (nSPS) is 16.9. The lowest BCUT2D eigenvalue weighted by Gasteiger charge is -2.26. The Morgan fingerprint density at radius 1 is 0.837 bits per heavy atom. The quantitative estimate of drug-likeness (QED) is 0.108. The fraction of sp³-hybridized carbons (Fsp3) is 0.452. The number of nitrogens with zero attached hydrogens (tertiary/aromatic N) is 1. The Morgan fingerprint density at radius 2 is 1.44 bits per heavy atom.